The predicted molar refractivity (Wildman–Crippen MR) is 119 cm³/mol. The molecule has 3 aromatic rings. The lowest BCUT2D eigenvalue weighted by Crippen LogP contribution is -2.14. The average Bonchev–Trinajstić information content (AvgIpc) is 3.17. The fourth-order valence-corrected chi connectivity index (χ4v) is 3.54. The topological polar surface area (TPSA) is 78.3 Å². The molecule has 0 fully saturated rings. The minimum Gasteiger partial charge on any atom is -0.497 e. The minimum atomic E-state index is -0.125. The molecular formula is C22H24N4O3S. The average molecular weight is 425 g/mol. The summed E-state index contributed by atoms with van der Waals surface area (Å²) in [6.45, 7) is 6.88. The minimum absolute atomic E-state index is 0.125. The SMILES string of the molecule is C=CCn1c(SCC(=O)Nc2ccc(OCC)cc2)nnc1-c1cccc(OC)c1. The Kier molecular flexibility index (Phi) is 7.51. The number of nitrogens with zero attached hydrogens (tertiary/aromatic N) is 3. The molecule has 1 amide bonds. The zero-order valence-electron chi connectivity index (χ0n) is 17.0. The van der Waals surface area contributed by atoms with E-state index in [-0.39, 0.29) is 11.7 Å². The molecule has 156 valence electrons. The Morgan fingerprint density at radius 3 is 2.70 bits per heavy atom. The summed E-state index contributed by atoms with van der Waals surface area (Å²) in [6.07, 6.45) is 1.77. The molecule has 1 N–H and O–H groups in total. The fraction of sp³-hybridized carbons (Fsp3) is 0.227. The molecule has 1 aromatic heterocycles. The fourth-order valence-electron chi connectivity index (χ4n) is 2.79. The molecule has 0 saturated heterocycles. The zero-order chi connectivity index (χ0) is 21.3. The molecule has 0 saturated carbocycles. The second kappa shape index (κ2) is 10.5. The van der Waals surface area contributed by atoms with E-state index < -0.39 is 0 Å². The van der Waals surface area contributed by atoms with Crippen molar-refractivity contribution in [3.63, 3.8) is 0 Å². The summed E-state index contributed by atoms with van der Waals surface area (Å²) in [5.41, 5.74) is 1.60. The number of nitrogens with one attached hydrogen (secondary N) is 1. The first-order valence-corrected chi connectivity index (χ1v) is 10.5. The van der Waals surface area contributed by atoms with E-state index >= 15 is 0 Å². The quantitative estimate of drug-likeness (QED) is 0.387. The number of anilines is 1. The van der Waals surface area contributed by atoms with Gasteiger partial charge in [0.25, 0.3) is 0 Å². The Labute approximate surface area is 180 Å². The van der Waals surface area contributed by atoms with E-state index in [1.165, 1.54) is 11.8 Å². The van der Waals surface area contributed by atoms with Crippen molar-refractivity contribution in [1.82, 2.24) is 14.8 Å². The molecule has 2 aromatic carbocycles. The lowest BCUT2D eigenvalue weighted by Gasteiger charge is -2.09. The number of hydrogen-bond donors (Lipinski definition) is 1. The van der Waals surface area contributed by atoms with Crippen LogP contribution in [-0.2, 0) is 11.3 Å². The second-order valence-electron chi connectivity index (χ2n) is 6.23. The van der Waals surface area contributed by atoms with Gasteiger partial charge in [0, 0.05) is 17.8 Å². The van der Waals surface area contributed by atoms with Crippen molar-refractivity contribution in [3.05, 3.63) is 61.2 Å². The summed E-state index contributed by atoms with van der Waals surface area (Å²) in [5.74, 6) is 2.29. The van der Waals surface area contributed by atoms with Gasteiger partial charge in [-0.15, -0.1) is 16.8 Å². The molecule has 0 unspecified atom stereocenters. The van der Waals surface area contributed by atoms with E-state index in [4.69, 9.17) is 9.47 Å². The normalized spacial score (nSPS) is 10.5. The zero-order valence-corrected chi connectivity index (χ0v) is 17.8. The van der Waals surface area contributed by atoms with Crippen molar-refractivity contribution in [2.75, 3.05) is 24.8 Å². The number of methoxy groups -OCH3 is 1. The summed E-state index contributed by atoms with van der Waals surface area (Å²) in [7, 11) is 1.62. The molecule has 30 heavy (non-hydrogen) atoms. The Hall–Kier alpha value is -3.26. The first-order valence-electron chi connectivity index (χ1n) is 9.48. The lowest BCUT2D eigenvalue weighted by atomic mass is 10.2. The van der Waals surface area contributed by atoms with Crippen LogP contribution in [0, 0.1) is 0 Å². The Morgan fingerprint density at radius 1 is 1.20 bits per heavy atom. The molecule has 1 heterocycles. The molecule has 0 aliphatic carbocycles. The molecular weight excluding hydrogens is 400 g/mol. The lowest BCUT2D eigenvalue weighted by molar-refractivity contribution is -0.113. The number of hydrogen-bond acceptors (Lipinski definition) is 6. The van der Waals surface area contributed by atoms with E-state index in [1.54, 1.807) is 13.2 Å². The number of rotatable bonds is 10. The van der Waals surface area contributed by atoms with Crippen LogP contribution in [-0.4, -0.2) is 40.1 Å². The van der Waals surface area contributed by atoms with Crippen molar-refractivity contribution in [1.29, 1.82) is 0 Å². The molecule has 0 atom stereocenters. The van der Waals surface area contributed by atoms with Crippen molar-refractivity contribution in [2.24, 2.45) is 0 Å². The third-order valence-corrected chi connectivity index (χ3v) is 5.10. The van der Waals surface area contributed by atoms with Crippen LogP contribution in [0.5, 0.6) is 11.5 Å². The molecule has 0 aliphatic rings. The van der Waals surface area contributed by atoms with Gasteiger partial charge < -0.3 is 14.8 Å². The first-order chi connectivity index (χ1) is 14.6. The number of allylic oxidation sites excluding steroid dienone is 1. The summed E-state index contributed by atoms with van der Waals surface area (Å²) in [5, 5.41) is 12.1. The summed E-state index contributed by atoms with van der Waals surface area (Å²) >= 11 is 1.32. The number of carbonyl (C=O) groups is 1. The van der Waals surface area contributed by atoms with E-state index in [0.717, 1.165) is 17.1 Å². The van der Waals surface area contributed by atoms with E-state index in [2.05, 4.69) is 22.1 Å². The molecule has 8 heteroatoms. The van der Waals surface area contributed by atoms with Gasteiger partial charge in [0.1, 0.15) is 11.5 Å². The molecule has 0 radical (unpaired) electrons. The van der Waals surface area contributed by atoms with E-state index in [0.29, 0.717) is 29.8 Å². The van der Waals surface area contributed by atoms with Crippen molar-refractivity contribution in [2.45, 2.75) is 18.6 Å². The van der Waals surface area contributed by atoms with Crippen LogP contribution in [0.25, 0.3) is 11.4 Å². The van der Waals surface area contributed by atoms with Crippen molar-refractivity contribution in [3.8, 4) is 22.9 Å². The van der Waals surface area contributed by atoms with Crippen molar-refractivity contribution >= 4 is 23.4 Å². The van der Waals surface area contributed by atoms with Crippen LogP contribution in [0.1, 0.15) is 6.92 Å². The van der Waals surface area contributed by atoms with Gasteiger partial charge in [-0.25, -0.2) is 0 Å². The second-order valence-corrected chi connectivity index (χ2v) is 7.17. The molecule has 0 bridgehead atoms. The largest absolute Gasteiger partial charge is 0.497 e. The summed E-state index contributed by atoms with van der Waals surface area (Å²) in [6, 6.07) is 14.9. The summed E-state index contributed by atoms with van der Waals surface area (Å²) in [4.78, 5) is 12.4. The molecule has 0 aliphatic heterocycles. The van der Waals surface area contributed by atoms with E-state index in [9.17, 15) is 4.79 Å². The van der Waals surface area contributed by atoms with Gasteiger partial charge in [0.2, 0.25) is 5.91 Å². The van der Waals surface area contributed by atoms with E-state index in [1.807, 2.05) is 60.0 Å². The van der Waals surface area contributed by atoms with Gasteiger partial charge in [-0.05, 0) is 43.3 Å². The number of ether oxygens (including phenoxy) is 2. The Balaban J connectivity index is 1.68. The Bertz CT molecular complexity index is 1000. The van der Waals surface area contributed by atoms with Crippen LogP contribution in [0.2, 0.25) is 0 Å². The van der Waals surface area contributed by atoms with Crippen molar-refractivity contribution < 1.29 is 14.3 Å². The van der Waals surface area contributed by atoms with Crippen LogP contribution in [0.3, 0.4) is 0 Å². The van der Waals surface area contributed by atoms with Gasteiger partial charge in [-0.3, -0.25) is 9.36 Å². The monoisotopic (exact) mass is 424 g/mol. The molecule has 7 nitrogen and oxygen atoms in total. The van der Waals surface area contributed by atoms with Gasteiger partial charge >= 0.3 is 0 Å². The molecule has 0 spiro atoms. The predicted octanol–water partition coefficient (Wildman–Crippen LogP) is 4.27. The highest BCUT2D eigenvalue weighted by molar-refractivity contribution is 7.99. The highest BCUT2D eigenvalue weighted by Crippen LogP contribution is 2.27. The maximum absolute atomic E-state index is 12.4. The van der Waals surface area contributed by atoms with Gasteiger partial charge in [0.05, 0.1) is 19.5 Å². The third kappa shape index (κ3) is 5.42. The number of carbonyl (C=O) groups excluding carboxylic acids is 1. The van der Waals surface area contributed by atoms with Gasteiger partial charge in [0.15, 0.2) is 11.0 Å². The van der Waals surface area contributed by atoms with Gasteiger partial charge in [-0.1, -0.05) is 30.0 Å². The van der Waals surface area contributed by atoms with Crippen LogP contribution >= 0.6 is 11.8 Å². The van der Waals surface area contributed by atoms with Crippen LogP contribution in [0.4, 0.5) is 5.69 Å². The Morgan fingerprint density at radius 2 is 2.00 bits per heavy atom. The number of thioether (sulfide) groups is 1. The smallest absolute Gasteiger partial charge is 0.234 e. The first kappa shape index (κ1) is 21.4. The number of benzene rings is 2. The number of amides is 1. The third-order valence-electron chi connectivity index (χ3n) is 4.14. The molecule has 3 rings (SSSR count). The summed E-state index contributed by atoms with van der Waals surface area (Å²) < 4.78 is 12.6. The standard InChI is InChI=1S/C22H24N4O3S/c1-4-13-26-21(16-7-6-8-19(14-16)28-3)24-25-22(26)30-15-20(27)23-17-9-11-18(12-10-17)29-5-2/h4,6-12,14H,1,5,13,15H2,2-3H3,(H,23,27). The highest BCUT2D eigenvalue weighted by atomic mass is 32.2. The van der Waals surface area contributed by atoms with Crippen LogP contribution < -0.4 is 14.8 Å². The maximum atomic E-state index is 12.4. The van der Waals surface area contributed by atoms with Crippen LogP contribution in [0.15, 0.2) is 66.3 Å². The number of aromatic nitrogens is 3. The maximum Gasteiger partial charge on any atom is 0.234 e. The highest BCUT2D eigenvalue weighted by Gasteiger charge is 2.15. The van der Waals surface area contributed by atoms with Gasteiger partial charge in [-0.2, -0.15) is 0 Å².